The highest BCUT2D eigenvalue weighted by Gasteiger charge is 2.30. The number of hydrogen-bond acceptors (Lipinski definition) is 3. The molecule has 0 N–H and O–H groups in total. The zero-order valence-electron chi connectivity index (χ0n) is 10.4. The Bertz CT molecular complexity index is 777. The van der Waals surface area contributed by atoms with Crippen LogP contribution in [0.25, 0.3) is 17.0 Å². The van der Waals surface area contributed by atoms with E-state index in [-0.39, 0.29) is 0 Å². The molecule has 0 bridgehead atoms. The maximum Gasteiger partial charge on any atom is 0.416 e. The molecular formula is C13H9F3N4. The van der Waals surface area contributed by atoms with Crippen LogP contribution >= 0.6 is 0 Å². The second-order valence-corrected chi connectivity index (χ2v) is 4.28. The number of aromatic nitrogens is 4. The molecule has 2 aromatic heterocycles. The van der Waals surface area contributed by atoms with Crippen molar-refractivity contribution in [3.8, 4) is 11.3 Å². The molecule has 0 saturated carbocycles. The average Bonchev–Trinajstić information content (AvgIpc) is 2.77. The van der Waals surface area contributed by atoms with Crippen molar-refractivity contribution in [1.82, 2.24) is 19.6 Å². The monoisotopic (exact) mass is 278 g/mol. The van der Waals surface area contributed by atoms with Gasteiger partial charge in [0.15, 0.2) is 0 Å². The maximum absolute atomic E-state index is 12.8. The van der Waals surface area contributed by atoms with E-state index < -0.39 is 11.7 Å². The van der Waals surface area contributed by atoms with Crippen LogP contribution in [0.5, 0.6) is 0 Å². The topological polar surface area (TPSA) is 43.1 Å². The van der Waals surface area contributed by atoms with Crippen LogP contribution in [0.4, 0.5) is 13.2 Å². The lowest BCUT2D eigenvalue weighted by Gasteiger charge is -2.09. The molecule has 0 aliphatic heterocycles. The van der Waals surface area contributed by atoms with E-state index in [1.165, 1.54) is 16.8 Å². The van der Waals surface area contributed by atoms with E-state index in [0.29, 0.717) is 22.9 Å². The summed E-state index contributed by atoms with van der Waals surface area (Å²) in [6.07, 6.45) is -2.88. The van der Waals surface area contributed by atoms with Crippen molar-refractivity contribution in [3.63, 3.8) is 0 Å². The minimum atomic E-state index is -4.37. The summed E-state index contributed by atoms with van der Waals surface area (Å²) in [7, 11) is 0. The lowest BCUT2D eigenvalue weighted by Crippen LogP contribution is -2.05. The van der Waals surface area contributed by atoms with Gasteiger partial charge < -0.3 is 0 Å². The predicted octanol–water partition coefficient (Wildman–Crippen LogP) is 3.12. The number of nitrogens with zero attached hydrogens (tertiary/aromatic N) is 4. The van der Waals surface area contributed by atoms with Crippen molar-refractivity contribution < 1.29 is 13.2 Å². The summed E-state index contributed by atoms with van der Waals surface area (Å²) in [5.41, 5.74) is 0.232. The molecule has 0 atom stereocenters. The smallest absolute Gasteiger partial charge is 0.220 e. The van der Waals surface area contributed by atoms with Crippen LogP contribution in [0.15, 0.2) is 36.5 Å². The van der Waals surface area contributed by atoms with Crippen molar-refractivity contribution in [1.29, 1.82) is 0 Å². The van der Waals surface area contributed by atoms with Gasteiger partial charge in [-0.2, -0.15) is 22.7 Å². The molecule has 0 amide bonds. The summed E-state index contributed by atoms with van der Waals surface area (Å²) in [4.78, 5) is 8.12. The van der Waals surface area contributed by atoms with Gasteiger partial charge in [-0.15, -0.1) is 5.10 Å². The third-order valence-corrected chi connectivity index (χ3v) is 2.83. The van der Waals surface area contributed by atoms with Gasteiger partial charge in [0.25, 0.3) is 5.78 Å². The van der Waals surface area contributed by atoms with Crippen molar-refractivity contribution >= 4 is 5.78 Å². The normalized spacial score (nSPS) is 12.0. The summed E-state index contributed by atoms with van der Waals surface area (Å²) in [5.74, 6) is 0.870. The molecule has 4 nitrogen and oxygen atoms in total. The summed E-state index contributed by atoms with van der Waals surface area (Å²) in [6.45, 7) is 1.70. The van der Waals surface area contributed by atoms with Crippen molar-refractivity contribution in [2.75, 3.05) is 0 Å². The van der Waals surface area contributed by atoms with Gasteiger partial charge in [-0.3, -0.25) is 0 Å². The third kappa shape index (κ3) is 2.11. The highest BCUT2D eigenvalue weighted by Crippen LogP contribution is 2.31. The second kappa shape index (κ2) is 4.29. The van der Waals surface area contributed by atoms with Gasteiger partial charge in [0, 0.05) is 11.8 Å². The first-order valence-electron chi connectivity index (χ1n) is 5.81. The molecule has 20 heavy (non-hydrogen) atoms. The van der Waals surface area contributed by atoms with E-state index in [1.807, 2.05) is 0 Å². The zero-order chi connectivity index (χ0) is 14.3. The van der Waals surface area contributed by atoms with Gasteiger partial charge in [-0.25, -0.2) is 4.98 Å². The number of halogens is 3. The minimum Gasteiger partial charge on any atom is -0.220 e. The molecule has 1 aromatic carbocycles. The number of rotatable bonds is 1. The Labute approximate surface area is 111 Å². The van der Waals surface area contributed by atoms with Gasteiger partial charge in [-0.1, -0.05) is 12.1 Å². The molecule has 3 aromatic rings. The highest BCUT2D eigenvalue weighted by molar-refractivity contribution is 5.62. The molecule has 2 heterocycles. The Kier molecular flexibility index (Phi) is 2.70. The van der Waals surface area contributed by atoms with Gasteiger partial charge >= 0.3 is 6.18 Å². The number of aryl methyl sites for hydroxylation is 1. The number of alkyl halides is 3. The first kappa shape index (κ1) is 12.6. The van der Waals surface area contributed by atoms with Crippen molar-refractivity contribution in [2.45, 2.75) is 13.1 Å². The Balaban J connectivity index is 2.21. The Morgan fingerprint density at radius 2 is 1.95 bits per heavy atom. The number of hydrogen-bond donors (Lipinski definition) is 0. The lowest BCUT2D eigenvalue weighted by molar-refractivity contribution is -0.137. The van der Waals surface area contributed by atoms with Crippen LogP contribution in [0.1, 0.15) is 11.4 Å². The largest absolute Gasteiger partial charge is 0.416 e. The molecule has 0 fully saturated rings. The molecule has 102 valence electrons. The average molecular weight is 278 g/mol. The van der Waals surface area contributed by atoms with E-state index in [4.69, 9.17) is 0 Å². The van der Waals surface area contributed by atoms with E-state index in [2.05, 4.69) is 15.1 Å². The van der Waals surface area contributed by atoms with Gasteiger partial charge in [0.05, 0.1) is 11.3 Å². The van der Waals surface area contributed by atoms with Crippen LogP contribution < -0.4 is 0 Å². The molecular weight excluding hydrogens is 269 g/mol. The summed E-state index contributed by atoms with van der Waals surface area (Å²) < 4.78 is 39.7. The molecule has 0 spiro atoms. The van der Waals surface area contributed by atoms with Crippen molar-refractivity contribution in [2.24, 2.45) is 0 Å². The molecule has 0 unspecified atom stereocenters. The molecule has 0 saturated heterocycles. The zero-order valence-corrected chi connectivity index (χ0v) is 10.4. The van der Waals surface area contributed by atoms with E-state index >= 15 is 0 Å². The van der Waals surface area contributed by atoms with Crippen LogP contribution in [-0.4, -0.2) is 19.6 Å². The van der Waals surface area contributed by atoms with Gasteiger partial charge in [0.2, 0.25) is 0 Å². The SMILES string of the molecule is Cc1nc2nccc(-c3cccc(C(F)(F)F)c3)n2n1. The van der Waals surface area contributed by atoms with E-state index in [0.717, 1.165) is 12.1 Å². The Morgan fingerprint density at radius 1 is 1.15 bits per heavy atom. The predicted molar refractivity (Wildman–Crippen MR) is 66.0 cm³/mol. The molecule has 0 aliphatic rings. The lowest BCUT2D eigenvalue weighted by atomic mass is 10.1. The summed E-state index contributed by atoms with van der Waals surface area (Å²) in [5, 5.41) is 4.14. The fourth-order valence-corrected chi connectivity index (χ4v) is 1.97. The first-order valence-corrected chi connectivity index (χ1v) is 5.81. The molecule has 0 radical (unpaired) electrons. The van der Waals surface area contributed by atoms with Crippen LogP contribution in [0.3, 0.4) is 0 Å². The quantitative estimate of drug-likeness (QED) is 0.687. The minimum absolute atomic E-state index is 0.359. The molecule has 7 heteroatoms. The summed E-state index contributed by atoms with van der Waals surface area (Å²) >= 11 is 0. The fourth-order valence-electron chi connectivity index (χ4n) is 1.97. The second-order valence-electron chi connectivity index (χ2n) is 4.28. The van der Waals surface area contributed by atoms with Gasteiger partial charge in [0.1, 0.15) is 5.82 Å². The van der Waals surface area contributed by atoms with E-state index in [9.17, 15) is 13.2 Å². The Morgan fingerprint density at radius 3 is 2.70 bits per heavy atom. The van der Waals surface area contributed by atoms with Crippen LogP contribution in [0.2, 0.25) is 0 Å². The molecule has 3 rings (SSSR count). The highest BCUT2D eigenvalue weighted by atomic mass is 19.4. The maximum atomic E-state index is 12.8. The summed E-state index contributed by atoms with van der Waals surface area (Å²) in [6, 6.07) is 6.70. The molecule has 0 aliphatic carbocycles. The van der Waals surface area contributed by atoms with Gasteiger partial charge in [-0.05, 0) is 25.1 Å². The van der Waals surface area contributed by atoms with Crippen LogP contribution in [-0.2, 0) is 6.18 Å². The van der Waals surface area contributed by atoms with Crippen LogP contribution in [0, 0.1) is 6.92 Å². The Hall–Kier alpha value is -2.44. The fraction of sp³-hybridized carbons (Fsp3) is 0.154. The standard InChI is InChI=1S/C13H9F3N4/c1-8-18-12-17-6-5-11(20(12)19-8)9-3-2-4-10(7-9)13(14,15)16/h2-7H,1H3. The first-order chi connectivity index (χ1) is 9.45. The number of fused-ring (bicyclic) bond motifs is 1. The third-order valence-electron chi connectivity index (χ3n) is 2.83. The van der Waals surface area contributed by atoms with E-state index in [1.54, 1.807) is 19.1 Å². The van der Waals surface area contributed by atoms with Crippen molar-refractivity contribution in [3.05, 3.63) is 47.9 Å². The number of benzene rings is 1.